The molecule has 0 saturated heterocycles. The van der Waals surface area contributed by atoms with Gasteiger partial charge in [0.15, 0.2) is 22.9 Å². The van der Waals surface area contributed by atoms with Crippen molar-refractivity contribution in [3.8, 4) is 23.0 Å². The number of methoxy groups -OCH3 is 4. The lowest BCUT2D eigenvalue weighted by Gasteiger charge is -2.14. The maximum Gasteiger partial charge on any atom is 0.231 e. The van der Waals surface area contributed by atoms with Gasteiger partial charge in [-0.05, 0) is 48.0 Å². The normalized spacial score (nSPS) is 11.3. The van der Waals surface area contributed by atoms with Gasteiger partial charge in [-0.1, -0.05) is 24.3 Å². The Bertz CT molecular complexity index is 1260. The first-order valence-electron chi connectivity index (χ1n) is 10.1. The summed E-state index contributed by atoms with van der Waals surface area (Å²) in [6, 6.07) is 17.9. The minimum absolute atomic E-state index is 0.214. The Hall–Kier alpha value is -4.26. The van der Waals surface area contributed by atoms with E-state index < -0.39 is 0 Å². The molecule has 1 aromatic heterocycles. The third-order valence-electron chi connectivity index (χ3n) is 5.12. The van der Waals surface area contributed by atoms with Gasteiger partial charge in [0.05, 0.1) is 34.0 Å². The number of hydrogen-bond donors (Lipinski definition) is 0. The molecule has 0 bridgehead atoms. The van der Waals surface area contributed by atoms with E-state index in [-0.39, 0.29) is 17.2 Å². The molecule has 168 valence electrons. The topological polar surface area (TPSA) is 80.0 Å². The summed E-state index contributed by atoms with van der Waals surface area (Å²) < 4.78 is 27.4. The summed E-state index contributed by atoms with van der Waals surface area (Å²) in [5.74, 6) is 1.77. The number of carbonyl (C=O) groups excluding carboxylic acids is 1. The van der Waals surface area contributed by atoms with Crippen LogP contribution in [0.5, 0.6) is 23.0 Å². The molecule has 0 unspecified atom stereocenters. The van der Waals surface area contributed by atoms with Gasteiger partial charge in [0.2, 0.25) is 11.6 Å². The molecule has 3 aromatic carbocycles. The predicted octanol–water partition coefficient (Wildman–Crippen LogP) is 5.29. The highest BCUT2D eigenvalue weighted by Gasteiger charge is 2.24. The third-order valence-corrected chi connectivity index (χ3v) is 5.12. The fourth-order valence-electron chi connectivity index (χ4n) is 3.45. The highest BCUT2D eigenvalue weighted by molar-refractivity contribution is 6.31. The molecule has 4 aromatic rings. The summed E-state index contributed by atoms with van der Waals surface area (Å²) in [6.45, 7) is 0. The Labute approximate surface area is 191 Å². The molecule has 0 N–H and O–H groups in total. The number of ether oxygens (including phenoxy) is 4. The number of benzene rings is 3. The minimum Gasteiger partial charge on any atom is -0.497 e. The molecule has 0 amide bonds. The highest BCUT2D eigenvalue weighted by Crippen LogP contribution is 2.39. The molecular weight excluding hydrogens is 422 g/mol. The van der Waals surface area contributed by atoms with E-state index in [1.807, 2.05) is 42.5 Å². The van der Waals surface area contributed by atoms with Crippen LogP contribution < -0.4 is 18.9 Å². The number of carbonyl (C=O) groups is 1. The summed E-state index contributed by atoms with van der Waals surface area (Å²) >= 11 is 0. The minimum atomic E-state index is -0.309. The third kappa shape index (κ3) is 4.39. The predicted molar refractivity (Wildman–Crippen MR) is 125 cm³/mol. The molecule has 0 radical (unpaired) electrons. The maximum atomic E-state index is 13.7. The number of nitrogens with zero attached hydrogens (tertiary/aromatic N) is 1. The first-order chi connectivity index (χ1) is 16.1. The smallest absolute Gasteiger partial charge is 0.231 e. The zero-order valence-corrected chi connectivity index (χ0v) is 18.7. The summed E-state index contributed by atoms with van der Waals surface area (Å²) in [5, 5.41) is 0. The highest BCUT2D eigenvalue weighted by atomic mass is 16.5. The van der Waals surface area contributed by atoms with Crippen molar-refractivity contribution < 1.29 is 28.2 Å². The van der Waals surface area contributed by atoms with E-state index in [2.05, 4.69) is 4.98 Å². The average Bonchev–Trinajstić information content (AvgIpc) is 3.30. The number of allylic oxidation sites excluding steroid dienone is 1. The van der Waals surface area contributed by atoms with Gasteiger partial charge < -0.3 is 23.4 Å². The number of aromatic nitrogens is 1. The quantitative estimate of drug-likeness (QED) is 0.269. The SMILES string of the molecule is COc1ccc(/C=C(/C(=O)c2cc(OC)c(OC)c(OC)c2)c2nc3ccccc3o2)cc1. The van der Waals surface area contributed by atoms with Crippen LogP contribution >= 0.6 is 0 Å². The number of ketones is 1. The molecule has 7 heteroatoms. The van der Waals surface area contributed by atoms with E-state index in [4.69, 9.17) is 23.4 Å². The number of fused-ring (bicyclic) bond motifs is 1. The van der Waals surface area contributed by atoms with E-state index in [0.29, 0.717) is 39.7 Å². The van der Waals surface area contributed by atoms with E-state index in [9.17, 15) is 4.79 Å². The Morgan fingerprint density at radius 1 is 0.848 bits per heavy atom. The summed E-state index contributed by atoms with van der Waals surface area (Å²) in [4.78, 5) is 18.3. The molecule has 0 aliphatic carbocycles. The van der Waals surface area contributed by atoms with Crippen molar-refractivity contribution in [3.05, 3.63) is 77.7 Å². The van der Waals surface area contributed by atoms with Gasteiger partial charge in [0, 0.05) is 5.56 Å². The van der Waals surface area contributed by atoms with Crippen molar-refractivity contribution in [1.29, 1.82) is 0 Å². The summed E-state index contributed by atoms with van der Waals surface area (Å²) in [6.07, 6.45) is 1.73. The van der Waals surface area contributed by atoms with Crippen LogP contribution in [0.15, 0.2) is 65.1 Å². The molecular formula is C26H23NO6. The van der Waals surface area contributed by atoms with Crippen molar-refractivity contribution in [2.24, 2.45) is 0 Å². The molecule has 33 heavy (non-hydrogen) atoms. The van der Waals surface area contributed by atoms with E-state index in [0.717, 1.165) is 5.56 Å². The maximum absolute atomic E-state index is 13.7. The van der Waals surface area contributed by atoms with Crippen LogP contribution in [-0.2, 0) is 0 Å². The molecule has 1 heterocycles. The van der Waals surface area contributed by atoms with Crippen molar-refractivity contribution in [2.75, 3.05) is 28.4 Å². The molecule has 4 rings (SSSR count). The Morgan fingerprint density at radius 2 is 1.52 bits per heavy atom. The van der Waals surface area contributed by atoms with Crippen LogP contribution in [0.2, 0.25) is 0 Å². The van der Waals surface area contributed by atoms with E-state index in [1.165, 1.54) is 21.3 Å². The largest absolute Gasteiger partial charge is 0.497 e. The number of rotatable bonds is 8. The van der Waals surface area contributed by atoms with Gasteiger partial charge in [0.1, 0.15) is 11.3 Å². The van der Waals surface area contributed by atoms with E-state index >= 15 is 0 Å². The van der Waals surface area contributed by atoms with E-state index in [1.54, 1.807) is 31.4 Å². The lowest BCUT2D eigenvalue weighted by atomic mass is 9.99. The molecule has 0 spiro atoms. The second-order valence-corrected chi connectivity index (χ2v) is 7.06. The van der Waals surface area contributed by atoms with Crippen molar-refractivity contribution in [3.63, 3.8) is 0 Å². The van der Waals surface area contributed by atoms with Crippen molar-refractivity contribution in [2.45, 2.75) is 0 Å². The molecule has 0 saturated carbocycles. The van der Waals surface area contributed by atoms with Crippen LogP contribution in [0, 0.1) is 0 Å². The van der Waals surface area contributed by atoms with Crippen LogP contribution in [-0.4, -0.2) is 39.2 Å². The van der Waals surface area contributed by atoms with Gasteiger partial charge in [0.25, 0.3) is 0 Å². The zero-order valence-electron chi connectivity index (χ0n) is 18.7. The number of Topliss-reactive ketones (excluding diaryl/α,β-unsaturated/α-hetero) is 1. The second kappa shape index (κ2) is 9.48. The first-order valence-corrected chi connectivity index (χ1v) is 10.1. The average molecular weight is 445 g/mol. The lowest BCUT2D eigenvalue weighted by Crippen LogP contribution is -2.05. The van der Waals surface area contributed by atoms with Crippen LogP contribution in [0.4, 0.5) is 0 Å². The number of hydrogen-bond acceptors (Lipinski definition) is 7. The lowest BCUT2D eigenvalue weighted by molar-refractivity contribution is 0.105. The Kier molecular flexibility index (Phi) is 6.31. The molecule has 0 fully saturated rings. The van der Waals surface area contributed by atoms with Crippen LogP contribution in [0.1, 0.15) is 21.8 Å². The monoisotopic (exact) mass is 445 g/mol. The van der Waals surface area contributed by atoms with Crippen molar-refractivity contribution in [1.82, 2.24) is 4.98 Å². The molecule has 0 atom stereocenters. The van der Waals surface area contributed by atoms with Gasteiger partial charge in [-0.3, -0.25) is 4.79 Å². The number of oxazole rings is 1. The van der Waals surface area contributed by atoms with Gasteiger partial charge >= 0.3 is 0 Å². The van der Waals surface area contributed by atoms with Gasteiger partial charge in [-0.15, -0.1) is 0 Å². The fourth-order valence-corrected chi connectivity index (χ4v) is 3.45. The second-order valence-electron chi connectivity index (χ2n) is 7.06. The molecule has 0 aliphatic rings. The van der Waals surface area contributed by atoms with Crippen molar-refractivity contribution >= 4 is 28.5 Å². The number of para-hydroxylation sites is 2. The molecule has 0 aliphatic heterocycles. The van der Waals surface area contributed by atoms with Crippen LogP contribution in [0.25, 0.3) is 22.7 Å². The van der Waals surface area contributed by atoms with Crippen LogP contribution in [0.3, 0.4) is 0 Å². The van der Waals surface area contributed by atoms with Gasteiger partial charge in [-0.2, -0.15) is 0 Å². The molecule has 7 nitrogen and oxygen atoms in total. The Morgan fingerprint density at radius 3 is 2.09 bits per heavy atom. The fraction of sp³-hybridized carbons (Fsp3) is 0.154. The Balaban J connectivity index is 1.87. The first kappa shape index (κ1) is 22.0. The zero-order chi connectivity index (χ0) is 23.4. The van der Waals surface area contributed by atoms with Gasteiger partial charge in [-0.25, -0.2) is 4.98 Å². The summed E-state index contributed by atoms with van der Waals surface area (Å²) in [5.41, 5.74) is 2.66. The summed E-state index contributed by atoms with van der Waals surface area (Å²) in [7, 11) is 6.11. The standard InChI is InChI=1S/C26H23NO6/c1-29-18-11-9-16(10-12-18)13-19(26-27-20-7-5-6-8-21(20)33-26)24(28)17-14-22(30-2)25(32-4)23(15-17)31-3/h5-15H,1-4H3/b19-13-.